The predicted octanol–water partition coefficient (Wildman–Crippen LogP) is 2.11. The third-order valence-corrected chi connectivity index (χ3v) is 2.85. The number of rotatable bonds is 2. The first kappa shape index (κ1) is 9.36. The number of thioether (sulfide) groups is 1. The zero-order chi connectivity index (χ0) is 9.03. The number of aliphatic hydroxyl groups excluding tert-OH is 1. The molecular formula is C7H11N2O2S+. The zero-order valence-corrected chi connectivity index (χ0v) is 7.67. The van der Waals surface area contributed by atoms with Gasteiger partial charge in [-0.25, -0.2) is 0 Å². The molecule has 1 N–H and O–H groups in total. The van der Waals surface area contributed by atoms with Gasteiger partial charge in [-0.05, 0) is 6.92 Å². The maximum Gasteiger partial charge on any atom is 0.387 e. The molecule has 0 amide bonds. The van der Waals surface area contributed by atoms with Gasteiger partial charge in [0, 0.05) is 5.75 Å². The molecule has 1 heterocycles. The van der Waals surface area contributed by atoms with Gasteiger partial charge in [-0.2, -0.15) is 0 Å². The number of nitrogens with zero attached hydrogens (tertiary/aromatic N) is 2. The molecule has 0 aromatic carbocycles. The fourth-order valence-corrected chi connectivity index (χ4v) is 2.12. The molecule has 1 rings (SSSR count). The van der Waals surface area contributed by atoms with E-state index in [1.807, 2.05) is 6.92 Å². The third-order valence-electron chi connectivity index (χ3n) is 1.61. The Hall–Kier alpha value is -0.730. The minimum Gasteiger partial charge on any atom is -0.505 e. The quantitative estimate of drug-likeness (QED) is 0.531. The maximum absolute atomic E-state index is 9.19. The smallest absolute Gasteiger partial charge is 0.387 e. The summed E-state index contributed by atoms with van der Waals surface area (Å²) < 4.78 is 5.40. The van der Waals surface area contributed by atoms with Crippen molar-refractivity contribution in [3.63, 3.8) is 0 Å². The largest absolute Gasteiger partial charge is 0.505 e. The Morgan fingerprint density at radius 1 is 1.92 bits per heavy atom. The number of ether oxygens (including phenoxy) is 1. The van der Waals surface area contributed by atoms with E-state index in [2.05, 4.69) is 4.98 Å². The van der Waals surface area contributed by atoms with Crippen LogP contribution in [0.15, 0.2) is 12.0 Å². The van der Waals surface area contributed by atoms with Gasteiger partial charge in [0.25, 0.3) is 0 Å². The SMILES string of the molecule is CC1(C/C(O)=C\[N+]#N)OCCS1. The molecule has 4 nitrogen and oxygen atoms in total. The van der Waals surface area contributed by atoms with Crippen LogP contribution in [0.4, 0.5) is 0 Å². The van der Waals surface area contributed by atoms with Crippen LogP contribution in [0.3, 0.4) is 0 Å². The third kappa shape index (κ3) is 2.40. The molecule has 1 aliphatic rings. The van der Waals surface area contributed by atoms with Crippen LogP contribution in [0.25, 0.3) is 4.98 Å². The summed E-state index contributed by atoms with van der Waals surface area (Å²) in [6.45, 7) is 2.62. The minimum absolute atomic E-state index is 0.0365. The summed E-state index contributed by atoms with van der Waals surface area (Å²) in [6.07, 6.45) is 1.40. The Labute approximate surface area is 75.2 Å². The molecule has 0 radical (unpaired) electrons. The number of aliphatic hydroxyl groups is 1. The molecule has 0 bridgehead atoms. The minimum atomic E-state index is -0.356. The van der Waals surface area contributed by atoms with E-state index < -0.39 is 0 Å². The summed E-state index contributed by atoms with van der Waals surface area (Å²) in [5.41, 5.74) is 0. The van der Waals surface area contributed by atoms with E-state index in [4.69, 9.17) is 10.1 Å². The van der Waals surface area contributed by atoms with Gasteiger partial charge in [0.15, 0.2) is 10.7 Å². The molecule has 0 aliphatic carbocycles. The van der Waals surface area contributed by atoms with Crippen molar-refractivity contribution in [3.8, 4) is 0 Å². The van der Waals surface area contributed by atoms with Crippen molar-refractivity contribution >= 4 is 11.8 Å². The monoisotopic (exact) mass is 187 g/mol. The topological polar surface area (TPSA) is 57.6 Å². The lowest BCUT2D eigenvalue weighted by Crippen LogP contribution is -2.19. The highest BCUT2D eigenvalue weighted by Crippen LogP contribution is 2.36. The number of diazo groups is 1. The Balaban J connectivity index is 2.50. The lowest BCUT2D eigenvalue weighted by molar-refractivity contribution is 0.0585. The highest BCUT2D eigenvalue weighted by Gasteiger charge is 2.32. The molecule has 1 unspecified atom stereocenters. The van der Waals surface area contributed by atoms with Crippen molar-refractivity contribution in [2.24, 2.45) is 0 Å². The molecule has 0 saturated carbocycles. The van der Waals surface area contributed by atoms with Crippen LogP contribution in [0.5, 0.6) is 0 Å². The van der Waals surface area contributed by atoms with Crippen LogP contribution in [0.1, 0.15) is 13.3 Å². The van der Waals surface area contributed by atoms with Crippen LogP contribution in [0.2, 0.25) is 0 Å². The first-order chi connectivity index (χ1) is 5.66. The average Bonchev–Trinajstić information content (AvgIpc) is 2.36. The van der Waals surface area contributed by atoms with E-state index in [-0.39, 0.29) is 10.7 Å². The Morgan fingerprint density at radius 3 is 3.17 bits per heavy atom. The van der Waals surface area contributed by atoms with Crippen LogP contribution in [-0.2, 0) is 4.74 Å². The van der Waals surface area contributed by atoms with Gasteiger partial charge in [-0.3, -0.25) is 0 Å². The normalized spacial score (nSPS) is 30.2. The van der Waals surface area contributed by atoms with E-state index in [1.54, 1.807) is 11.8 Å². The van der Waals surface area contributed by atoms with Crippen LogP contribution < -0.4 is 0 Å². The first-order valence-corrected chi connectivity index (χ1v) is 4.65. The van der Waals surface area contributed by atoms with Crippen molar-refractivity contribution < 1.29 is 9.84 Å². The summed E-state index contributed by atoms with van der Waals surface area (Å²) in [4.78, 5) is 2.38. The van der Waals surface area contributed by atoms with Gasteiger partial charge < -0.3 is 9.84 Å². The standard InChI is InChI=1S/C7H10N2O2S/c1-7(11-2-3-12-7)4-6(10)5-9-8/h5H,2-4H2,1H3/p+1/b6-5+. The number of hydrogen-bond donors (Lipinski definition) is 1. The summed E-state index contributed by atoms with van der Waals surface area (Å²) >= 11 is 1.65. The molecule has 1 saturated heterocycles. The van der Waals surface area contributed by atoms with E-state index in [1.165, 1.54) is 0 Å². The molecular weight excluding hydrogens is 176 g/mol. The van der Waals surface area contributed by atoms with Gasteiger partial charge in [0.05, 0.1) is 13.0 Å². The van der Waals surface area contributed by atoms with E-state index in [9.17, 15) is 5.11 Å². The second-order valence-electron chi connectivity index (χ2n) is 2.74. The Kier molecular flexibility index (Phi) is 2.95. The van der Waals surface area contributed by atoms with Crippen LogP contribution in [-0.4, -0.2) is 22.4 Å². The lowest BCUT2D eigenvalue weighted by atomic mass is 10.2. The fraction of sp³-hybridized carbons (Fsp3) is 0.714. The van der Waals surface area contributed by atoms with Gasteiger partial charge >= 0.3 is 6.20 Å². The summed E-state index contributed by atoms with van der Waals surface area (Å²) in [5, 5.41) is 17.3. The summed E-state index contributed by atoms with van der Waals surface area (Å²) in [7, 11) is 0. The van der Waals surface area contributed by atoms with Crippen molar-refractivity contribution in [2.45, 2.75) is 18.3 Å². The van der Waals surface area contributed by atoms with Crippen molar-refractivity contribution in [1.82, 2.24) is 0 Å². The molecule has 5 heteroatoms. The van der Waals surface area contributed by atoms with Gasteiger partial charge in [0.1, 0.15) is 4.93 Å². The first-order valence-electron chi connectivity index (χ1n) is 3.66. The van der Waals surface area contributed by atoms with Gasteiger partial charge in [0.2, 0.25) is 5.39 Å². The highest BCUT2D eigenvalue weighted by molar-refractivity contribution is 8.00. The fourth-order valence-electron chi connectivity index (χ4n) is 1.10. The molecule has 1 atom stereocenters. The Bertz CT molecular complexity index is 228. The number of hydrogen-bond acceptors (Lipinski definition) is 4. The second-order valence-corrected chi connectivity index (χ2v) is 4.30. The van der Waals surface area contributed by atoms with Crippen LogP contribution >= 0.6 is 11.8 Å². The molecule has 0 aromatic rings. The molecule has 1 aliphatic heterocycles. The molecule has 1 fully saturated rings. The van der Waals surface area contributed by atoms with Crippen LogP contribution in [0, 0.1) is 5.39 Å². The molecule has 0 aromatic heterocycles. The van der Waals surface area contributed by atoms with Gasteiger partial charge in [-0.1, -0.05) is 0 Å². The van der Waals surface area contributed by atoms with E-state index >= 15 is 0 Å². The van der Waals surface area contributed by atoms with E-state index in [0.29, 0.717) is 13.0 Å². The van der Waals surface area contributed by atoms with Crippen molar-refractivity contribution in [1.29, 1.82) is 5.39 Å². The van der Waals surface area contributed by atoms with E-state index in [0.717, 1.165) is 12.0 Å². The summed E-state index contributed by atoms with van der Waals surface area (Å²) in [6, 6.07) is 0. The van der Waals surface area contributed by atoms with Crippen molar-refractivity contribution in [2.75, 3.05) is 12.4 Å². The van der Waals surface area contributed by atoms with Crippen molar-refractivity contribution in [3.05, 3.63) is 16.9 Å². The maximum atomic E-state index is 9.19. The molecule has 66 valence electrons. The molecule has 12 heavy (non-hydrogen) atoms. The highest BCUT2D eigenvalue weighted by atomic mass is 32.2. The average molecular weight is 187 g/mol. The second kappa shape index (κ2) is 3.78. The molecule has 0 spiro atoms. The Morgan fingerprint density at radius 2 is 2.67 bits per heavy atom. The van der Waals surface area contributed by atoms with Gasteiger partial charge in [-0.15, -0.1) is 11.8 Å². The predicted molar refractivity (Wildman–Crippen MR) is 47.2 cm³/mol. The lowest BCUT2D eigenvalue weighted by Gasteiger charge is -2.19. The zero-order valence-electron chi connectivity index (χ0n) is 6.86. The summed E-state index contributed by atoms with van der Waals surface area (Å²) in [5.74, 6) is 0.981.